The molecule has 1 heterocycles. The molecule has 6 N–H and O–H groups in total. The van der Waals surface area contributed by atoms with Crippen molar-refractivity contribution in [2.75, 3.05) is 13.2 Å². The van der Waals surface area contributed by atoms with Crippen LogP contribution >= 0.6 is 0 Å². The first-order valence-electron chi connectivity index (χ1n) is 23.6. The summed E-state index contributed by atoms with van der Waals surface area (Å²) in [5.41, 5.74) is 0. The average Bonchev–Trinajstić information content (AvgIpc) is 3.19. The van der Waals surface area contributed by atoms with E-state index in [0.29, 0.717) is 12.8 Å². The Morgan fingerprint density at radius 1 is 0.672 bits per heavy atom. The van der Waals surface area contributed by atoms with Gasteiger partial charge in [0.1, 0.15) is 24.4 Å². The van der Waals surface area contributed by atoms with Crippen LogP contribution in [0.25, 0.3) is 0 Å². The molecule has 0 aromatic carbocycles. The maximum absolute atomic E-state index is 13.0. The second-order valence-electron chi connectivity index (χ2n) is 16.7. The van der Waals surface area contributed by atoms with E-state index in [1.54, 1.807) is 0 Å². The number of hydrogen-bond donors (Lipinski definition) is 6. The van der Waals surface area contributed by atoms with Gasteiger partial charge in [-0.2, -0.15) is 8.42 Å². The first kappa shape index (κ1) is 54.9. The van der Waals surface area contributed by atoms with Crippen molar-refractivity contribution in [2.45, 2.75) is 256 Å². The Balaban J connectivity index is 2.49. The summed E-state index contributed by atoms with van der Waals surface area (Å²) in [7, 11) is -5.07. The molecule has 1 aliphatic rings. The Morgan fingerprint density at radius 3 is 1.57 bits per heavy atom. The van der Waals surface area contributed by atoms with Crippen molar-refractivity contribution in [3.05, 3.63) is 12.2 Å². The lowest BCUT2D eigenvalue weighted by atomic mass is 9.99. The van der Waals surface area contributed by atoms with Gasteiger partial charge in [-0.05, 0) is 38.5 Å². The summed E-state index contributed by atoms with van der Waals surface area (Å²) in [5, 5.41) is 44.9. The normalized spacial score (nSPS) is 21.1. The monoisotopic (exact) mass is 850 g/mol. The standard InChI is InChI=1S/C45H87NO11S/c1-3-5-7-9-11-13-15-17-19-21-22-24-26-28-30-32-34-39(48)38(37-55-45-43(51)44(57-58(52,53)54)42(50)40(36-47)56-45)46-41(49)35-33-31-29-27-25-23-20-18-16-14-12-10-8-6-4-2/h14,16,38-40,42-45,47-48,50-51H,3-13,15,17-37H2,1-2H3,(H,46,49)(H,52,53,54)/b16-14-. The van der Waals surface area contributed by atoms with Gasteiger partial charge in [-0.1, -0.05) is 180 Å². The number of carbonyl (C=O) groups is 1. The number of allylic oxidation sites excluding steroid dienone is 2. The molecule has 12 nitrogen and oxygen atoms in total. The van der Waals surface area contributed by atoms with Gasteiger partial charge in [-0.15, -0.1) is 0 Å². The van der Waals surface area contributed by atoms with E-state index >= 15 is 0 Å². The van der Waals surface area contributed by atoms with Crippen LogP contribution in [0.2, 0.25) is 0 Å². The van der Waals surface area contributed by atoms with E-state index in [4.69, 9.17) is 9.47 Å². The Bertz CT molecular complexity index is 1090. The molecule has 1 rings (SSSR count). The molecule has 58 heavy (non-hydrogen) atoms. The maximum atomic E-state index is 13.0. The number of amides is 1. The molecule has 0 aliphatic carbocycles. The lowest BCUT2D eigenvalue weighted by molar-refractivity contribution is -0.298. The van der Waals surface area contributed by atoms with E-state index < -0.39 is 59.9 Å². The summed E-state index contributed by atoms with van der Waals surface area (Å²) in [6.45, 7) is 3.44. The predicted octanol–water partition coefficient (Wildman–Crippen LogP) is 9.16. The lowest BCUT2D eigenvalue weighted by Crippen LogP contribution is -2.61. The quantitative estimate of drug-likeness (QED) is 0.0196. The minimum atomic E-state index is -5.07. The zero-order valence-corrected chi connectivity index (χ0v) is 37.4. The molecular weight excluding hydrogens is 763 g/mol. The highest BCUT2D eigenvalue weighted by Crippen LogP contribution is 2.26. The van der Waals surface area contributed by atoms with E-state index in [9.17, 15) is 38.2 Å². The third-order valence-electron chi connectivity index (χ3n) is 11.3. The van der Waals surface area contributed by atoms with Gasteiger partial charge in [-0.3, -0.25) is 9.35 Å². The minimum absolute atomic E-state index is 0.234. The van der Waals surface area contributed by atoms with Crippen molar-refractivity contribution in [2.24, 2.45) is 0 Å². The second-order valence-corrected chi connectivity index (χ2v) is 17.7. The van der Waals surface area contributed by atoms with Gasteiger partial charge < -0.3 is 35.2 Å². The van der Waals surface area contributed by atoms with E-state index in [-0.39, 0.29) is 18.9 Å². The van der Waals surface area contributed by atoms with Crippen molar-refractivity contribution in [3.63, 3.8) is 0 Å². The summed E-state index contributed by atoms with van der Waals surface area (Å²) >= 11 is 0. The smallest absolute Gasteiger partial charge is 0.394 e. The zero-order chi connectivity index (χ0) is 42.7. The highest BCUT2D eigenvalue weighted by atomic mass is 32.3. The maximum Gasteiger partial charge on any atom is 0.397 e. The molecule has 1 saturated heterocycles. The van der Waals surface area contributed by atoms with Crippen LogP contribution in [-0.4, -0.2) is 95.4 Å². The SMILES string of the molecule is CCCCCC/C=C\CCCCCCCCCC(=O)NC(COC1OC(CO)C(O)C(OS(=O)(=O)O)C1O)C(O)CCCCCCCCCCCCCCCCCC. The van der Waals surface area contributed by atoms with Gasteiger partial charge in [0.25, 0.3) is 0 Å². The van der Waals surface area contributed by atoms with Gasteiger partial charge in [0.05, 0.1) is 25.4 Å². The first-order chi connectivity index (χ1) is 28.0. The number of hydrogen-bond acceptors (Lipinski definition) is 10. The topological polar surface area (TPSA) is 192 Å². The molecule has 0 saturated carbocycles. The molecule has 13 heteroatoms. The summed E-state index contributed by atoms with van der Waals surface area (Å²) < 4.78 is 47.7. The lowest BCUT2D eigenvalue weighted by Gasteiger charge is -2.41. The van der Waals surface area contributed by atoms with Crippen molar-refractivity contribution in [1.29, 1.82) is 0 Å². The molecule has 0 aromatic heterocycles. The van der Waals surface area contributed by atoms with Crippen molar-refractivity contribution in [1.82, 2.24) is 5.32 Å². The van der Waals surface area contributed by atoms with Crippen molar-refractivity contribution >= 4 is 16.3 Å². The summed E-state index contributed by atoms with van der Waals surface area (Å²) in [5.74, 6) is -0.234. The van der Waals surface area contributed by atoms with Crippen molar-refractivity contribution < 1.29 is 51.8 Å². The van der Waals surface area contributed by atoms with Crippen LogP contribution in [-0.2, 0) is 28.9 Å². The Labute approximate surface area is 353 Å². The van der Waals surface area contributed by atoms with E-state index in [2.05, 4.69) is 35.5 Å². The molecule has 1 amide bonds. The van der Waals surface area contributed by atoms with Crippen LogP contribution in [0.4, 0.5) is 0 Å². The summed E-state index contributed by atoms with van der Waals surface area (Å²) in [6, 6.07) is -0.856. The molecule has 0 aromatic rings. The van der Waals surface area contributed by atoms with Gasteiger partial charge >= 0.3 is 10.4 Å². The van der Waals surface area contributed by atoms with E-state index in [1.165, 1.54) is 128 Å². The largest absolute Gasteiger partial charge is 0.397 e. The van der Waals surface area contributed by atoms with Crippen LogP contribution in [0, 0.1) is 0 Å². The molecule has 0 spiro atoms. The van der Waals surface area contributed by atoms with Crippen LogP contribution in [0.1, 0.15) is 213 Å². The predicted molar refractivity (Wildman–Crippen MR) is 232 cm³/mol. The Morgan fingerprint density at radius 2 is 1.10 bits per heavy atom. The number of ether oxygens (including phenoxy) is 2. The van der Waals surface area contributed by atoms with Gasteiger partial charge in [0, 0.05) is 6.42 Å². The number of unbranched alkanes of at least 4 members (excludes halogenated alkanes) is 26. The second kappa shape index (κ2) is 36.5. The summed E-state index contributed by atoms with van der Waals surface area (Å²) in [4.78, 5) is 13.0. The fourth-order valence-electron chi connectivity index (χ4n) is 7.63. The Hall–Kier alpha value is -1.16. The molecular formula is C45H87NO11S. The molecule has 0 radical (unpaired) electrons. The highest BCUT2D eigenvalue weighted by molar-refractivity contribution is 7.80. The van der Waals surface area contributed by atoms with Gasteiger partial charge in [0.2, 0.25) is 5.91 Å². The Kier molecular flexibility index (Phi) is 34.5. The van der Waals surface area contributed by atoms with Crippen molar-refractivity contribution in [3.8, 4) is 0 Å². The van der Waals surface area contributed by atoms with Crippen LogP contribution in [0.15, 0.2) is 12.2 Å². The zero-order valence-electron chi connectivity index (χ0n) is 36.6. The van der Waals surface area contributed by atoms with Crippen LogP contribution in [0.5, 0.6) is 0 Å². The fraction of sp³-hybridized carbons (Fsp3) is 0.933. The van der Waals surface area contributed by atoms with Gasteiger partial charge in [-0.25, -0.2) is 4.18 Å². The summed E-state index contributed by atoms with van der Waals surface area (Å²) in [6.07, 6.45) is 30.6. The van der Waals surface area contributed by atoms with Crippen LogP contribution in [0.3, 0.4) is 0 Å². The molecule has 344 valence electrons. The average molecular weight is 850 g/mol. The third-order valence-corrected chi connectivity index (χ3v) is 11.8. The number of rotatable bonds is 40. The number of aliphatic hydroxyl groups excluding tert-OH is 4. The third kappa shape index (κ3) is 29.2. The van der Waals surface area contributed by atoms with Crippen LogP contribution < -0.4 is 5.32 Å². The van der Waals surface area contributed by atoms with Gasteiger partial charge in [0.15, 0.2) is 6.29 Å². The van der Waals surface area contributed by atoms with E-state index in [1.807, 2.05) is 0 Å². The molecule has 0 bridgehead atoms. The number of aliphatic hydroxyl groups is 4. The highest BCUT2D eigenvalue weighted by Gasteiger charge is 2.48. The number of carbonyl (C=O) groups excluding carboxylic acids is 1. The minimum Gasteiger partial charge on any atom is -0.394 e. The molecule has 1 fully saturated rings. The fourth-order valence-corrected chi connectivity index (χ4v) is 8.14. The first-order valence-corrected chi connectivity index (χ1v) is 24.9. The molecule has 7 unspecified atom stereocenters. The van der Waals surface area contributed by atoms with E-state index in [0.717, 1.165) is 51.4 Å². The molecule has 7 atom stereocenters. The number of nitrogens with one attached hydrogen (secondary N) is 1. The molecule has 1 aliphatic heterocycles.